The first-order valence-corrected chi connectivity index (χ1v) is 12.0. The average Bonchev–Trinajstić information content (AvgIpc) is 2.80. The third-order valence-electron chi connectivity index (χ3n) is 7.52. The van der Waals surface area contributed by atoms with E-state index in [-0.39, 0.29) is 41.7 Å². The van der Waals surface area contributed by atoms with Crippen molar-refractivity contribution >= 4 is 27.5 Å². The van der Waals surface area contributed by atoms with Gasteiger partial charge in [0.15, 0.2) is 0 Å². The minimum Gasteiger partial charge on any atom is -0.380 e. The molecule has 8 nitrogen and oxygen atoms in total. The second-order valence-corrected chi connectivity index (χ2v) is 10.4. The highest BCUT2D eigenvalue weighted by molar-refractivity contribution is 9.10. The minimum absolute atomic E-state index is 0.198. The normalized spacial score (nSPS) is 24.0. The number of aromatic nitrogens is 3. The van der Waals surface area contributed by atoms with Gasteiger partial charge in [-0.05, 0) is 63.2 Å². The summed E-state index contributed by atoms with van der Waals surface area (Å²) in [6.07, 6.45) is 4.13. The Kier molecular flexibility index (Phi) is 7.58. The largest absolute Gasteiger partial charge is 0.380 e. The number of carbonyl (C=O) groups excluding carboxylic acids is 1. The molecule has 0 saturated heterocycles. The number of carbonyl (C=O) groups is 1. The van der Waals surface area contributed by atoms with Crippen LogP contribution < -0.4 is 16.2 Å². The monoisotopic (exact) mass is 514 g/mol. The molecular formula is C24H31BrN6O2. The van der Waals surface area contributed by atoms with E-state index in [0.717, 1.165) is 16.7 Å². The van der Waals surface area contributed by atoms with Gasteiger partial charge in [0.25, 0.3) is 5.56 Å². The van der Waals surface area contributed by atoms with Crippen molar-refractivity contribution in [3.05, 3.63) is 50.6 Å². The second-order valence-electron chi connectivity index (χ2n) is 9.63. The van der Waals surface area contributed by atoms with Gasteiger partial charge in [-0.2, -0.15) is 10.4 Å². The van der Waals surface area contributed by atoms with Crippen LogP contribution in [-0.2, 0) is 17.9 Å². The number of anilines is 1. The van der Waals surface area contributed by atoms with Crippen LogP contribution in [0.25, 0.3) is 0 Å². The number of hydrogen-bond donors (Lipinski definition) is 2. The maximum atomic E-state index is 12.8. The third kappa shape index (κ3) is 5.44. The highest BCUT2D eigenvalue weighted by atomic mass is 79.9. The molecule has 3 rings (SSSR count). The van der Waals surface area contributed by atoms with Gasteiger partial charge in [0.1, 0.15) is 22.8 Å². The van der Waals surface area contributed by atoms with Crippen LogP contribution in [0, 0.1) is 34.5 Å². The van der Waals surface area contributed by atoms with Gasteiger partial charge in [0.2, 0.25) is 5.91 Å². The molecule has 1 aliphatic rings. The van der Waals surface area contributed by atoms with Crippen LogP contribution in [0.1, 0.15) is 52.3 Å². The summed E-state index contributed by atoms with van der Waals surface area (Å²) in [5, 5.41) is 19.4. The first-order chi connectivity index (χ1) is 15.5. The summed E-state index contributed by atoms with van der Waals surface area (Å²) in [6, 6.07) is 5.53. The first kappa shape index (κ1) is 24.9. The molecule has 9 heteroatoms. The molecule has 176 valence electrons. The number of hydrogen-bond acceptors (Lipinski definition) is 6. The molecule has 1 fully saturated rings. The third-order valence-corrected chi connectivity index (χ3v) is 8.29. The summed E-state index contributed by atoms with van der Waals surface area (Å²) >= 11 is 3.41. The summed E-state index contributed by atoms with van der Waals surface area (Å²) in [5.41, 5.74) is 1.58. The molecule has 2 N–H and O–H groups in total. The zero-order chi connectivity index (χ0) is 24.3. The highest BCUT2D eigenvalue weighted by Gasteiger charge is 2.43. The van der Waals surface area contributed by atoms with Crippen molar-refractivity contribution in [2.75, 3.05) is 5.32 Å². The molecule has 0 spiro atoms. The Labute approximate surface area is 202 Å². The first-order valence-electron chi connectivity index (χ1n) is 11.2. The Morgan fingerprint density at radius 2 is 2.09 bits per heavy atom. The van der Waals surface area contributed by atoms with E-state index in [2.05, 4.69) is 71.3 Å². The summed E-state index contributed by atoms with van der Waals surface area (Å²) in [7, 11) is 0. The van der Waals surface area contributed by atoms with E-state index in [1.165, 1.54) is 6.20 Å². The summed E-state index contributed by atoms with van der Waals surface area (Å²) in [6.45, 7) is 11.5. The van der Waals surface area contributed by atoms with Crippen LogP contribution >= 0.6 is 15.9 Å². The molecule has 0 aliphatic heterocycles. The minimum atomic E-state index is -0.365. The molecule has 1 amide bonds. The van der Waals surface area contributed by atoms with E-state index in [1.54, 1.807) is 18.3 Å². The van der Waals surface area contributed by atoms with Crippen LogP contribution in [0.4, 0.5) is 5.69 Å². The van der Waals surface area contributed by atoms with E-state index in [0.29, 0.717) is 27.9 Å². The molecule has 2 heterocycles. The van der Waals surface area contributed by atoms with Crippen LogP contribution in [0.3, 0.4) is 0 Å². The van der Waals surface area contributed by atoms with Crippen molar-refractivity contribution in [2.24, 2.45) is 23.2 Å². The lowest BCUT2D eigenvalue weighted by Gasteiger charge is -2.50. The van der Waals surface area contributed by atoms with Gasteiger partial charge in [-0.1, -0.05) is 34.6 Å². The molecule has 0 unspecified atom stereocenters. The maximum absolute atomic E-state index is 12.8. The Balaban J connectivity index is 1.66. The molecule has 0 bridgehead atoms. The fourth-order valence-corrected chi connectivity index (χ4v) is 4.90. The van der Waals surface area contributed by atoms with Crippen molar-refractivity contribution in [1.82, 2.24) is 20.1 Å². The lowest BCUT2D eigenvalue weighted by molar-refractivity contribution is -0.122. The summed E-state index contributed by atoms with van der Waals surface area (Å²) in [5.74, 6) is 1.16. The van der Waals surface area contributed by atoms with Gasteiger partial charge in [-0.3, -0.25) is 9.59 Å². The second kappa shape index (κ2) is 10.0. The van der Waals surface area contributed by atoms with E-state index in [4.69, 9.17) is 5.26 Å². The number of nitriles is 1. The smallest absolute Gasteiger partial charge is 0.283 e. The molecule has 2 aromatic rings. The fourth-order valence-electron chi connectivity index (χ4n) is 4.48. The molecule has 0 aromatic carbocycles. The Bertz CT molecular complexity index is 1120. The number of pyridine rings is 1. The molecule has 0 radical (unpaired) electrons. The number of amides is 1. The van der Waals surface area contributed by atoms with Gasteiger partial charge in [-0.25, -0.2) is 9.67 Å². The molecule has 33 heavy (non-hydrogen) atoms. The zero-order valence-corrected chi connectivity index (χ0v) is 21.3. The Morgan fingerprint density at radius 1 is 1.36 bits per heavy atom. The van der Waals surface area contributed by atoms with Gasteiger partial charge in [0.05, 0.1) is 11.9 Å². The van der Waals surface area contributed by atoms with Crippen molar-refractivity contribution in [3.63, 3.8) is 0 Å². The SMILES string of the molecule is C[C@@H]1[C@@H](C)C(C)(C)[C@@H](C)C[C@H]1Nc1cnn(CC(=O)NCc2ccnc(C#N)c2)c(=O)c1Br. The van der Waals surface area contributed by atoms with E-state index < -0.39 is 0 Å². The number of halogens is 1. The van der Waals surface area contributed by atoms with Crippen LogP contribution in [-0.4, -0.2) is 26.7 Å². The van der Waals surface area contributed by atoms with Gasteiger partial charge >= 0.3 is 0 Å². The molecule has 1 saturated carbocycles. The lowest BCUT2D eigenvalue weighted by atomic mass is 9.58. The Hall–Kier alpha value is -2.73. The lowest BCUT2D eigenvalue weighted by Crippen LogP contribution is -2.48. The van der Waals surface area contributed by atoms with E-state index >= 15 is 0 Å². The molecular weight excluding hydrogens is 484 g/mol. The quantitative estimate of drug-likeness (QED) is 0.607. The topological polar surface area (TPSA) is 113 Å². The van der Waals surface area contributed by atoms with Crippen LogP contribution in [0.5, 0.6) is 0 Å². The van der Waals surface area contributed by atoms with Gasteiger partial charge < -0.3 is 10.6 Å². The van der Waals surface area contributed by atoms with Gasteiger partial charge in [-0.15, -0.1) is 0 Å². The molecule has 4 atom stereocenters. The van der Waals surface area contributed by atoms with Gasteiger partial charge in [0, 0.05) is 18.8 Å². The highest BCUT2D eigenvalue weighted by Crippen LogP contribution is 2.48. The number of nitrogens with zero attached hydrogens (tertiary/aromatic N) is 4. The van der Waals surface area contributed by atoms with Crippen LogP contribution in [0.15, 0.2) is 33.8 Å². The predicted octanol–water partition coefficient (Wildman–Crippen LogP) is 3.71. The van der Waals surface area contributed by atoms with E-state index in [1.807, 2.05) is 6.07 Å². The van der Waals surface area contributed by atoms with Crippen molar-refractivity contribution in [1.29, 1.82) is 5.26 Å². The van der Waals surface area contributed by atoms with Crippen molar-refractivity contribution in [3.8, 4) is 6.07 Å². The maximum Gasteiger partial charge on any atom is 0.283 e. The van der Waals surface area contributed by atoms with E-state index in [9.17, 15) is 9.59 Å². The molecule has 1 aliphatic carbocycles. The van der Waals surface area contributed by atoms with Crippen molar-refractivity contribution < 1.29 is 4.79 Å². The van der Waals surface area contributed by atoms with Crippen LogP contribution in [0.2, 0.25) is 0 Å². The average molecular weight is 515 g/mol. The fraction of sp³-hybridized carbons (Fsp3) is 0.542. The van der Waals surface area contributed by atoms with Crippen molar-refractivity contribution in [2.45, 2.75) is 60.2 Å². The predicted molar refractivity (Wildman–Crippen MR) is 130 cm³/mol. The standard InChI is InChI=1S/C24H31BrN6O2/c1-14-8-19(15(2)16(3)24(14,4)5)30-20-12-29-31(23(33)22(20)25)13-21(32)28-11-17-6-7-27-18(9-17)10-26/h6-7,9,12,14-16,19,30H,8,11,13H2,1-5H3,(H,28,32)/t14-,15+,16+,19+/m0/s1. The summed E-state index contributed by atoms with van der Waals surface area (Å²) in [4.78, 5) is 29.1. The summed E-state index contributed by atoms with van der Waals surface area (Å²) < 4.78 is 1.51. The Morgan fingerprint density at radius 3 is 2.79 bits per heavy atom. The number of nitrogens with one attached hydrogen (secondary N) is 2. The zero-order valence-electron chi connectivity index (χ0n) is 19.7. The number of rotatable bonds is 6. The molecule has 2 aromatic heterocycles.